The van der Waals surface area contributed by atoms with Crippen LogP contribution in [0.3, 0.4) is 0 Å². The van der Waals surface area contributed by atoms with Gasteiger partial charge < -0.3 is 9.13 Å². The van der Waals surface area contributed by atoms with Gasteiger partial charge in [0, 0.05) is 38.4 Å². The first-order chi connectivity index (χ1) is 45.3. The minimum atomic E-state index is -5.37. The van der Waals surface area contributed by atoms with Gasteiger partial charge in [0.1, 0.15) is 0 Å². The van der Waals surface area contributed by atoms with Crippen LogP contribution in [-0.4, -0.2) is 9.13 Å². The number of hydrogen-bond donors (Lipinski definition) is 0. The summed E-state index contributed by atoms with van der Waals surface area (Å²) in [6, 6.07) is 47.4. The quantitative estimate of drug-likeness (QED) is 0.110. The fourth-order valence-electron chi connectivity index (χ4n) is 13.1. The van der Waals surface area contributed by atoms with E-state index in [0.717, 1.165) is 61.3 Å². The van der Waals surface area contributed by atoms with Gasteiger partial charge in [-0.25, -0.2) is 4.85 Å². The zero-order chi connectivity index (χ0) is 68.5. The Morgan fingerprint density at radius 3 is 1.01 bits per heavy atom. The highest BCUT2D eigenvalue weighted by molar-refractivity contribution is 6.14. The summed E-state index contributed by atoms with van der Waals surface area (Å²) >= 11 is 0. The van der Waals surface area contributed by atoms with Crippen LogP contribution in [0.4, 0.5) is 71.5 Å². The molecule has 0 saturated carbocycles. The molecule has 0 amide bonds. The summed E-state index contributed by atoms with van der Waals surface area (Å²) < 4.78 is 224. The van der Waals surface area contributed by atoms with Crippen molar-refractivity contribution in [3.05, 3.63) is 267 Å². The van der Waals surface area contributed by atoms with Gasteiger partial charge in [-0.2, -0.15) is 71.1 Å². The minimum Gasteiger partial charge on any atom is -0.310 e. The van der Waals surface area contributed by atoms with Gasteiger partial charge in [0.25, 0.3) is 0 Å². The first kappa shape index (κ1) is 63.7. The smallest absolute Gasteiger partial charge is 0.310 e. The van der Waals surface area contributed by atoms with Crippen LogP contribution in [0.15, 0.2) is 200 Å². The van der Waals surface area contributed by atoms with E-state index >= 15 is 13.2 Å². The fraction of sp³-hybridized carbons (Fsp3) is 0.117. The Morgan fingerprint density at radius 2 is 0.646 bits per heavy atom. The predicted octanol–water partition coefficient (Wildman–Crippen LogP) is 24.6. The number of rotatable bonds is 8. The SMILES string of the molecule is [C-]#[N+]c1ccc(-c2ccc(-c3ccc(C#N)cc3C(F)(F)F)cc2-n2c3ccc(-c4ccc(C)cc4C)cc3c3cc(-c4ccc(C)cc4C)ccc32)c(-n2c3ccc(-c4ccc(C(F)(F)F)cc4C(F)(F)F)cc3c3cc(-c4ccc(C(F)(F)F)cc4C(F)(F)F)ccc32)c1. The lowest BCUT2D eigenvalue weighted by molar-refractivity contribution is -0.144. The molecule has 0 aliphatic carbocycles. The van der Waals surface area contributed by atoms with Crippen molar-refractivity contribution in [3.8, 4) is 84.2 Å². The first-order valence-electron chi connectivity index (χ1n) is 29.5. The average Bonchev–Trinajstić information content (AvgIpc) is 1.55. The monoisotopic (exact) mass is 1310 g/mol. The molecule has 0 bridgehead atoms. The van der Waals surface area contributed by atoms with Gasteiger partial charge in [0.2, 0.25) is 0 Å². The van der Waals surface area contributed by atoms with Gasteiger partial charge >= 0.3 is 30.9 Å². The van der Waals surface area contributed by atoms with Crippen molar-refractivity contribution in [3.63, 3.8) is 0 Å². The van der Waals surface area contributed by atoms with Crippen LogP contribution in [-0.2, 0) is 30.9 Å². The Kier molecular flexibility index (Phi) is 15.2. The Labute approximate surface area is 537 Å². The standard InChI is InChI=1S/C77H45F15N4/c1-40-6-17-53(42(3)28-40)45-10-24-67-60(31-45)61-32-46(54-18-7-41(2)29-43(54)4)11-25-68(61)95(67)71-35-49(55-19-8-44(39-93)30-64(55)75(84,85)86)9-20-58(71)59-23-16-52(94-5)38-72(59)96-69-26-12-47(56-21-14-50(73(78,79)80)36-65(56)76(87,88)89)33-62(69)63-34-48(13-27-70(63)96)57-22-15-51(74(81,82)83)37-66(57)77(90,91)92/h6-38H,1-4H3. The fourth-order valence-corrected chi connectivity index (χ4v) is 13.1. The highest BCUT2D eigenvalue weighted by Crippen LogP contribution is 2.50. The van der Waals surface area contributed by atoms with Gasteiger partial charge in [-0.05, 0) is 192 Å². The second-order valence-corrected chi connectivity index (χ2v) is 23.7. The maximum atomic E-state index is 15.4. The van der Waals surface area contributed by atoms with Gasteiger partial charge in [0.05, 0.1) is 73.8 Å². The molecular weight excluding hydrogens is 1270 g/mol. The minimum absolute atomic E-state index is 0.00331. The van der Waals surface area contributed by atoms with Crippen molar-refractivity contribution in [2.45, 2.75) is 58.6 Å². The molecule has 0 aliphatic rings. The topological polar surface area (TPSA) is 38.0 Å². The number of alkyl halides is 15. The molecule has 19 heteroatoms. The molecule has 96 heavy (non-hydrogen) atoms. The lowest BCUT2D eigenvalue weighted by Gasteiger charge is -2.21. The Hall–Kier alpha value is -11.1. The van der Waals surface area contributed by atoms with Crippen molar-refractivity contribution in [2.24, 2.45) is 0 Å². The molecule has 0 radical (unpaired) electrons. The molecule has 2 heterocycles. The Morgan fingerprint density at radius 1 is 0.323 bits per heavy atom. The van der Waals surface area contributed by atoms with E-state index in [-0.39, 0.29) is 84.4 Å². The zero-order valence-corrected chi connectivity index (χ0v) is 50.5. The Balaban J connectivity index is 1.14. The van der Waals surface area contributed by atoms with Crippen molar-refractivity contribution >= 4 is 49.3 Å². The highest BCUT2D eigenvalue weighted by atomic mass is 19.4. The van der Waals surface area contributed by atoms with Crippen molar-refractivity contribution in [1.82, 2.24) is 9.13 Å². The van der Waals surface area contributed by atoms with Crippen LogP contribution in [0.5, 0.6) is 0 Å². The molecule has 4 nitrogen and oxygen atoms in total. The molecule has 13 rings (SSSR count). The lowest BCUT2D eigenvalue weighted by atomic mass is 9.93. The molecular formula is C77H45F15N4. The van der Waals surface area contributed by atoms with E-state index < -0.39 is 69.8 Å². The van der Waals surface area contributed by atoms with Gasteiger partial charge in [0.15, 0.2) is 5.69 Å². The maximum absolute atomic E-state index is 15.4. The molecule has 0 unspecified atom stereocenters. The van der Waals surface area contributed by atoms with Gasteiger partial charge in [-0.3, -0.25) is 0 Å². The van der Waals surface area contributed by atoms with Crippen LogP contribution >= 0.6 is 0 Å². The number of fused-ring (bicyclic) bond motifs is 6. The van der Waals surface area contributed by atoms with Gasteiger partial charge in [-0.1, -0.05) is 114 Å². The van der Waals surface area contributed by atoms with Crippen molar-refractivity contribution < 1.29 is 65.9 Å². The molecule has 0 spiro atoms. The third kappa shape index (κ3) is 11.3. The summed E-state index contributed by atoms with van der Waals surface area (Å²) in [4.78, 5) is 3.73. The number of aromatic nitrogens is 2. The van der Waals surface area contributed by atoms with Crippen molar-refractivity contribution in [1.29, 1.82) is 5.26 Å². The van der Waals surface area contributed by atoms with E-state index in [2.05, 4.69) is 17.0 Å². The van der Waals surface area contributed by atoms with E-state index in [1.807, 2.05) is 92.9 Å². The highest BCUT2D eigenvalue weighted by Gasteiger charge is 2.41. The second kappa shape index (κ2) is 22.9. The molecule has 11 aromatic carbocycles. The lowest BCUT2D eigenvalue weighted by Crippen LogP contribution is -2.12. The zero-order valence-electron chi connectivity index (χ0n) is 50.5. The summed E-state index contributed by atoms with van der Waals surface area (Å²) in [5.41, 5.74) is -0.454. The maximum Gasteiger partial charge on any atom is 0.417 e. The Bertz CT molecular complexity index is 5240. The summed E-state index contributed by atoms with van der Waals surface area (Å²) in [6.45, 7) is 16.2. The molecule has 0 saturated heterocycles. The van der Waals surface area contributed by atoms with Gasteiger partial charge in [-0.15, -0.1) is 0 Å². The summed E-state index contributed by atoms with van der Waals surface area (Å²) in [7, 11) is 0. The summed E-state index contributed by atoms with van der Waals surface area (Å²) in [5.74, 6) is 0. The summed E-state index contributed by atoms with van der Waals surface area (Å²) in [6.07, 6.45) is -26.1. The largest absolute Gasteiger partial charge is 0.417 e. The average molecular weight is 1310 g/mol. The molecule has 13 aromatic rings. The summed E-state index contributed by atoms with van der Waals surface area (Å²) in [5, 5.41) is 11.2. The normalized spacial score (nSPS) is 12.5. The van der Waals surface area contributed by atoms with E-state index in [0.29, 0.717) is 40.9 Å². The number of nitrogens with zero attached hydrogens (tertiary/aromatic N) is 4. The van der Waals surface area contributed by atoms with E-state index in [1.54, 1.807) is 28.8 Å². The molecule has 0 fully saturated rings. The molecule has 0 atom stereocenters. The predicted molar refractivity (Wildman–Crippen MR) is 343 cm³/mol. The van der Waals surface area contributed by atoms with Crippen LogP contribution in [0.1, 0.15) is 55.6 Å². The third-order valence-electron chi connectivity index (χ3n) is 17.5. The molecule has 0 N–H and O–H groups in total. The van der Waals surface area contributed by atoms with E-state index in [4.69, 9.17) is 6.57 Å². The molecule has 478 valence electrons. The number of benzene rings is 11. The van der Waals surface area contributed by atoms with E-state index in [1.165, 1.54) is 66.7 Å². The number of hydrogen-bond acceptors (Lipinski definition) is 1. The number of nitriles is 1. The van der Waals surface area contributed by atoms with Crippen LogP contribution in [0.25, 0.3) is 127 Å². The number of aryl methyl sites for hydroxylation is 4. The number of halogens is 15. The third-order valence-corrected chi connectivity index (χ3v) is 17.5. The van der Waals surface area contributed by atoms with Crippen molar-refractivity contribution in [2.75, 3.05) is 0 Å². The van der Waals surface area contributed by atoms with Crippen LogP contribution < -0.4 is 0 Å². The van der Waals surface area contributed by atoms with Crippen LogP contribution in [0, 0.1) is 45.6 Å². The second-order valence-electron chi connectivity index (χ2n) is 23.7. The molecule has 0 aliphatic heterocycles. The first-order valence-corrected chi connectivity index (χ1v) is 29.5. The van der Waals surface area contributed by atoms with E-state index in [9.17, 15) is 57.9 Å². The molecule has 2 aromatic heterocycles. The van der Waals surface area contributed by atoms with Crippen LogP contribution in [0.2, 0.25) is 0 Å².